The van der Waals surface area contributed by atoms with E-state index in [1.165, 1.54) is 0 Å². The predicted octanol–water partition coefficient (Wildman–Crippen LogP) is 1.08. The predicted molar refractivity (Wildman–Crippen MR) is 71.2 cm³/mol. The molecule has 4 nitrogen and oxygen atoms in total. The summed E-state index contributed by atoms with van der Waals surface area (Å²) in [6.45, 7) is 4.07. The Labute approximate surface area is 106 Å². The number of hydrogen-bond acceptors (Lipinski definition) is 3. The average Bonchev–Trinajstić information content (AvgIpc) is 2.27. The van der Waals surface area contributed by atoms with Gasteiger partial charge in [0.1, 0.15) is 5.75 Å². The summed E-state index contributed by atoms with van der Waals surface area (Å²) in [5, 5.41) is 2.56. The van der Waals surface area contributed by atoms with Gasteiger partial charge >= 0.3 is 0 Å². The maximum atomic E-state index is 11.4. The molecule has 0 unspecified atom stereocenters. The fourth-order valence-corrected chi connectivity index (χ4v) is 1.32. The molecule has 0 saturated carbocycles. The SMILES string of the molecule is Cc1ccc(C)c(OCC(=O)NCC(N)=S)c1. The number of benzene rings is 1. The lowest BCUT2D eigenvalue weighted by Gasteiger charge is -2.09. The molecule has 0 spiro atoms. The number of aryl methyl sites for hydroxylation is 2. The van der Waals surface area contributed by atoms with Gasteiger partial charge in [0, 0.05) is 0 Å². The van der Waals surface area contributed by atoms with E-state index in [9.17, 15) is 4.79 Å². The molecule has 1 amide bonds. The van der Waals surface area contributed by atoms with E-state index in [2.05, 4.69) is 17.5 Å². The van der Waals surface area contributed by atoms with Gasteiger partial charge in [-0.3, -0.25) is 4.79 Å². The van der Waals surface area contributed by atoms with Crippen LogP contribution in [-0.2, 0) is 4.79 Å². The molecular formula is C12H16N2O2S. The highest BCUT2D eigenvalue weighted by molar-refractivity contribution is 7.80. The second-order valence-corrected chi connectivity index (χ2v) is 4.33. The highest BCUT2D eigenvalue weighted by Gasteiger charge is 2.05. The Hall–Kier alpha value is -1.62. The Kier molecular flexibility index (Phi) is 4.90. The third kappa shape index (κ3) is 4.82. The molecule has 0 bridgehead atoms. The van der Waals surface area contributed by atoms with E-state index in [0.717, 1.165) is 16.9 Å². The quantitative estimate of drug-likeness (QED) is 0.770. The zero-order chi connectivity index (χ0) is 12.8. The van der Waals surface area contributed by atoms with E-state index < -0.39 is 0 Å². The summed E-state index contributed by atoms with van der Waals surface area (Å²) >= 11 is 4.65. The first-order valence-corrected chi connectivity index (χ1v) is 5.65. The van der Waals surface area contributed by atoms with Crippen molar-refractivity contribution >= 4 is 23.1 Å². The largest absolute Gasteiger partial charge is 0.483 e. The van der Waals surface area contributed by atoms with Gasteiger partial charge in [0.25, 0.3) is 5.91 Å². The first kappa shape index (κ1) is 13.4. The molecule has 1 rings (SSSR count). The van der Waals surface area contributed by atoms with Crippen LogP contribution in [0.2, 0.25) is 0 Å². The Morgan fingerprint density at radius 3 is 2.82 bits per heavy atom. The van der Waals surface area contributed by atoms with Crippen LogP contribution in [0.5, 0.6) is 5.75 Å². The topological polar surface area (TPSA) is 64.3 Å². The van der Waals surface area contributed by atoms with Crippen LogP contribution in [0.15, 0.2) is 18.2 Å². The monoisotopic (exact) mass is 252 g/mol. The van der Waals surface area contributed by atoms with Crippen molar-refractivity contribution in [1.82, 2.24) is 5.32 Å². The molecule has 0 aromatic heterocycles. The highest BCUT2D eigenvalue weighted by Crippen LogP contribution is 2.18. The van der Waals surface area contributed by atoms with E-state index in [1.807, 2.05) is 32.0 Å². The molecule has 0 aliphatic heterocycles. The molecular weight excluding hydrogens is 236 g/mol. The van der Waals surface area contributed by atoms with Gasteiger partial charge in [-0.15, -0.1) is 0 Å². The molecule has 0 aliphatic rings. The number of amides is 1. The van der Waals surface area contributed by atoms with Crippen LogP contribution < -0.4 is 15.8 Å². The Bertz CT molecular complexity index is 433. The fourth-order valence-electron chi connectivity index (χ4n) is 1.24. The molecule has 3 N–H and O–H groups in total. The van der Waals surface area contributed by atoms with Crippen LogP contribution in [0, 0.1) is 13.8 Å². The number of rotatable bonds is 5. The van der Waals surface area contributed by atoms with Gasteiger partial charge < -0.3 is 15.8 Å². The summed E-state index contributed by atoms with van der Waals surface area (Å²) in [4.78, 5) is 11.6. The number of carbonyl (C=O) groups is 1. The van der Waals surface area contributed by atoms with Gasteiger partial charge in [0.15, 0.2) is 6.61 Å². The average molecular weight is 252 g/mol. The maximum Gasteiger partial charge on any atom is 0.258 e. The van der Waals surface area contributed by atoms with Crippen LogP contribution in [0.25, 0.3) is 0 Å². The molecule has 0 saturated heterocycles. The van der Waals surface area contributed by atoms with Crippen molar-refractivity contribution in [3.63, 3.8) is 0 Å². The standard InChI is InChI=1S/C12H16N2O2S/c1-8-3-4-9(2)10(5-8)16-7-12(15)14-6-11(13)17/h3-5H,6-7H2,1-2H3,(H2,13,17)(H,14,15). The van der Waals surface area contributed by atoms with Crippen molar-refractivity contribution in [2.24, 2.45) is 5.73 Å². The summed E-state index contributed by atoms with van der Waals surface area (Å²) in [7, 11) is 0. The lowest BCUT2D eigenvalue weighted by atomic mass is 10.1. The van der Waals surface area contributed by atoms with Crippen molar-refractivity contribution in [2.75, 3.05) is 13.2 Å². The number of ether oxygens (including phenoxy) is 1. The molecule has 0 atom stereocenters. The van der Waals surface area contributed by atoms with Gasteiger partial charge in [-0.05, 0) is 31.0 Å². The molecule has 0 heterocycles. The van der Waals surface area contributed by atoms with Crippen LogP contribution in [0.1, 0.15) is 11.1 Å². The number of hydrogen-bond donors (Lipinski definition) is 2. The van der Waals surface area contributed by atoms with Crippen molar-refractivity contribution in [3.05, 3.63) is 29.3 Å². The van der Waals surface area contributed by atoms with E-state index in [-0.39, 0.29) is 24.0 Å². The van der Waals surface area contributed by atoms with E-state index in [1.54, 1.807) is 0 Å². The van der Waals surface area contributed by atoms with Crippen molar-refractivity contribution in [3.8, 4) is 5.75 Å². The molecule has 1 aromatic carbocycles. The Morgan fingerprint density at radius 2 is 2.18 bits per heavy atom. The molecule has 92 valence electrons. The normalized spacial score (nSPS) is 9.76. The Morgan fingerprint density at radius 1 is 1.47 bits per heavy atom. The molecule has 5 heteroatoms. The van der Waals surface area contributed by atoms with Gasteiger partial charge in [-0.25, -0.2) is 0 Å². The number of nitrogens with one attached hydrogen (secondary N) is 1. The van der Waals surface area contributed by atoms with Crippen molar-refractivity contribution in [1.29, 1.82) is 0 Å². The second kappa shape index (κ2) is 6.20. The lowest BCUT2D eigenvalue weighted by Crippen LogP contribution is -2.35. The van der Waals surface area contributed by atoms with Crippen LogP contribution in [0.3, 0.4) is 0 Å². The van der Waals surface area contributed by atoms with Gasteiger partial charge in [-0.2, -0.15) is 0 Å². The molecule has 0 fully saturated rings. The third-order valence-corrected chi connectivity index (χ3v) is 2.31. The number of carbonyl (C=O) groups excluding carboxylic acids is 1. The van der Waals surface area contributed by atoms with Gasteiger partial charge in [-0.1, -0.05) is 24.4 Å². The zero-order valence-corrected chi connectivity index (χ0v) is 10.8. The minimum Gasteiger partial charge on any atom is -0.483 e. The number of nitrogens with two attached hydrogens (primary N) is 1. The van der Waals surface area contributed by atoms with Crippen LogP contribution >= 0.6 is 12.2 Å². The zero-order valence-electron chi connectivity index (χ0n) is 9.95. The lowest BCUT2D eigenvalue weighted by molar-refractivity contribution is -0.122. The van der Waals surface area contributed by atoms with Crippen LogP contribution in [0.4, 0.5) is 0 Å². The fraction of sp³-hybridized carbons (Fsp3) is 0.333. The van der Waals surface area contributed by atoms with E-state index in [0.29, 0.717) is 0 Å². The summed E-state index contributed by atoms with van der Waals surface area (Å²) < 4.78 is 5.42. The molecule has 0 aliphatic carbocycles. The minimum atomic E-state index is -0.237. The maximum absolute atomic E-state index is 11.4. The smallest absolute Gasteiger partial charge is 0.258 e. The summed E-state index contributed by atoms with van der Waals surface area (Å²) in [5.41, 5.74) is 7.36. The van der Waals surface area contributed by atoms with Gasteiger partial charge in [0.2, 0.25) is 0 Å². The minimum absolute atomic E-state index is 0.0348. The second-order valence-electron chi connectivity index (χ2n) is 3.80. The number of thiocarbonyl (C=S) groups is 1. The highest BCUT2D eigenvalue weighted by atomic mass is 32.1. The Balaban J connectivity index is 2.47. The molecule has 17 heavy (non-hydrogen) atoms. The summed E-state index contributed by atoms with van der Waals surface area (Å²) in [6, 6.07) is 5.85. The van der Waals surface area contributed by atoms with Crippen molar-refractivity contribution < 1.29 is 9.53 Å². The first-order chi connectivity index (χ1) is 7.99. The third-order valence-electron chi connectivity index (χ3n) is 2.16. The van der Waals surface area contributed by atoms with E-state index >= 15 is 0 Å². The van der Waals surface area contributed by atoms with Crippen LogP contribution in [-0.4, -0.2) is 24.0 Å². The summed E-state index contributed by atoms with van der Waals surface area (Å²) in [6.07, 6.45) is 0. The van der Waals surface area contributed by atoms with Crippen molar-refractivity contribution in [2.45, 2.75) is 13.8 Å². The molecule has 0 radical (unpaired) electrons. The van der Waals surface area contributed by atoms with E-state index in [4.69, 9.17) is 10.5 Å². The molecule has 1 aromatic rings. The summed E-state index contributed by atoms with van der Waals surface area (Å²) in [5.74, 6) is 0.481. The first-order valence-electron chi connectivity index (χ1n) is 5.24. The van der Waals surface area contributed by atoms with Gasteiger partial charge in [0.05, 0.1) is 11.5 Å².